The molecule has 100 valence electrons. The standard InChI is InChI=1S/C16H25NO/c1-4-17-15(16(18-3)14-8-9-14)11-13-7-5-6-12(2)10-13/h5-7,10,14-17H,4,8-9,11H2,1-3H3. The molecule has 1 aliphatic rings. The Morgan fingerprint density at radius 1 is 1.39 bits per heavy atom. The topological polar surface area (TPSA) is 21.3 Å². The molecule has 2 unspecified atom stereocenters. The Balaban J connectivity index is 2.04. The lowest BCUT2D eigenvalue weighted by Gasteiger charge is -2.27. The number of hydrogen-bond acceptors (Lipinski definition) is 2. The van der Waals surface area contributed by atoms with Crippen molar-refractivity contribution in [3.05, 3.63) is 35.4 Å². The third kappa shape index (κ3) is 3.56. The third-order valence-electron chi connectivity index (χ3n) is 3.76. The van der Waals surface area contributed by atoms with E-state index < -0.39 is 0 Å². The zero-order valence-corrected chi connectivity index (χ0v) is 11.8. The Labute approximate surface area is 111 Å². The highest BCUT2D eigenvalue weighted by Gasteiger charge is 2.36. The van der Waals surface area contributed by atoms with Crippen LogP contribution in [-0.4, -0.2) is 25.8 Å². The molecule has 1 fully saturated rings. The summed E-state index contributed by atoms with van der Waals surface area (Å²) in [5.74, 6) is 0.767. The van der Waals surface area contributed by atoms with E-state index in [1.54, 1.807) is 0 Å². The lowest BCUT2D eigenvalue weighted by atomic mass is 9.97. The van der Waals surface area contributed by atoms with Crippen LogP contribution in [0.3, 0.4) is 0 Å². The highest BCUT2D eigenvalue weighted by atomic mass is 16.5. The van der Waals surface area contributed by atoms with E-state index in [1.807, 2.05) is 7.11 Å². The molecular formula is C16H25NO. The van der Waals surface area contributed by atoms with Crippen LogP contribution in [0.2, 0.25) is 0 Å². The SMILES string of the molecule is CCNC(Cc1cccc(C)c1)C(OC)C1CC1. The highest BCUT2D eigenvalue weighted by molar-refractivity contribution is 5.23. The van der Waals surface area contributed by atoms with E-state index in [0.717, 1.165) is 18.9 Å². The molecule has 0 heterocycles. The van der Waals surface area contributed by atoms with Gasteiger partial charge < -0.3 is 10.1 Å². The minimum atomic E-state index is 0.366. The summed E-state index contributed by atoms with van der Waals surface area (Å²) in [5.41, 5.74) is 2.74. The van der Waals surface area contributed by atoms with Gasteiger partial charge in [0.05, 0.1) is 6.10 Å². The minimum absolute atomic E-state index is 0.366. The molecule has 18 heavy (non-hydrogen) atoms. The van der Waals surface area contributed by atoms with Crippen LogP contribution in [-0.2, 0) is 11.2 Å². The largest absolute Gasteiger partial charge is 0.380 e. The number of rotatable bonds is 7. The van der Waals surface area contributed by atoms with Gasteiger partial charge in [0.2, 0.25) is 0 Å². The van der Waals surface area contributed by atoms with Crippen molar-refractivity contribution >= 4 is 0 Å². The van der Waals surface area contributed by atoms with Crippen LogP contribution in [0.5, 0.6) is 0 Å². The van der Waals surface area contributed by atoms with Crippen LogP contribution >= 0.6 is 0 Å². The molecule has 1 N–H and O–H groups in total. The van der Waals surface area contributed by atoms with Gasteiger partial charge in [-0.2, -0.15) is 0 Å². The molecule has 0 saturated heterocycles. The van der Waals surface area contributed by atoms with Crippen molar-refractivity contribution in [2.75, 3.05) is 13.7 Å². The monoisotopic (exact) mass is 247 g/mol. The van der Waals surface area contributed by atoms with Crippen molar-refractivity contribution in [3.8, 4) is 0 Å². The number of benzene rings is 1. The first kappa shape index (κ1) is 13.6. The van der Waals surface area contributed by atoms with Gasteiger partial charge in [-0.25, -0.2) is 0 Å². The molecule has 0 radical (unpaired) electrons. The summed E-state index contributed by atoms with van der Waals surface area (Å²) >= 11 is 0. The van der Waals surface area contributed by atoms with Gasteiger partial charge in [0.1, 0.15) is 0 Å². The van der Waals surface area contributed by atoms with Gasteiger partial charge in [0.25, 0.3) is 0 Å². The van der Waals surface area contributed by atoms with E-state index in [4.69, 9.17) is 4.74 Å². The third-order valence-corrected chi connectivity index (χ3v) is 3.76. The molecule has 0 amide bonds. The molecule has 0 spiro atoms. The number of methoxy groups -OCH3 is 1. The van der Waals surface area contributed by atoms with E-state index >= 15 is 0 Å². The summed E-state index contributed by atoms with van der Waals surface area (Å²) in [6, 6.07) is 9.24. The molecule has 2 nitrogen and oxygen atoms in total. The van der Waals surface area contributed by atoms with Crippen LogP contribution in [0.1, 0.15) is 30.9 Å². The van der Waals surface area contributed by atoms with Crippen LogP contribution in [0, 0.1) is 12.8 Å². The first-order valence-electron chi connectivity index (χ1n) is 7.06. The maximum Gasteiger partial charge on any atom is 0.0755 e. The summed E-state index contributed by atoms with van der Waals surface area (Å²) < 4.78 is 5.73. The number of hydrogen-bond donors (Lipinski definition) is 1. The quantitative estimate of drug-likeness (QED) is 0.800. The number of nitrogens with one attached hydrogen (secondary N) is 1. The van der Waals surface area contributed by atoms with Gasteiger partial charge in [-0.05, 0) is 44.2 Å². The molecule has 1 saturated carbocycles. The maximum atomic E-state index is 5.73. The highest BCUT2D eigenvalue weighted by Crippen LogP contribution is 2.36. The summed E-state index contributed by atoms with van der Waals surface area (Å²) in [7, 11) is 1.85. The second-order valence-electron chi connectivity index (χ2n) is 5.40. The Kier molecular flexibility index (Phi) is 4.79. The maximum absolute atomic E-state index is 5.73. The van der Waals surface area contributed by atoms with Gasteiger partial charge in [0.15, 0.2) is 0 Å². The predicted molar refractivity (Wildman–Crippen MR) is 75.9 cm³/mol. The summed E-state index contributed by atoms with van der Waals surface area (Å²) in [6.07, 6.45) is 4.08. The molecule has 0 bridgehead atoms. The van der Waals surface area contributed by atoms with Gasteiger partial charge in [-0.1, -0.05) is 36.8 Å². The summed E-state index contributed by atoms with van der Waals surface area (Å²) in [5, 5.41) is 3.60. The zero-order chi connectivity index (χ0) is 13.0. The lowest BCUT2D eigenvalue weighted by molar-refractivity contribution is 0.0516. The lowest BCUT2D eigenvalue weighted by Crippen LogP contribution is -2.43. The van der Waals surface area contributed by atoms with Crippen LogP contribution in [0.25, 0.3) is 0 Å². The van der Waals surface area contributed by atoms with Crippen LogP contribution in [0.4, 0.5) is 0 Å². The number of likely N-dealkylation sites (N-methyl/N-ethyl adjacent to an activating group) is 1. The number of aryl methyl sites for hydroxylation is 1. The van der Waals surface area contributed by atoms with Crippen molar-refractivity contribution in [2.45, 2.75) is 45.3 Å². The van der Waals surface area contributed by atoms with Crippen molar-refractivity contribution in [3.63, 3.8) is 0 Å². The fraction of sp³-hybridized carbons (Fsp3) is 0.625. The Bertz CT molecular complexity index is 373. The van der Waals surface area contributed by atoms with Crippen molar-refractivity contribution in [2.24, 2.45) is 5.92 Å². The predicted octanol–water partition coefficient (Wildman–Crippen LogP) is 2.94. The van der Waals surface area contributed by atoms with E-state index in [-0.39, 0.29) is 0 Å². The molecule has 1 aliphatic carbocycles. The second kappa shape index (κ2) is 6.35. The van der Waals surface area contributed by atoms with Gasteiger partial charge in [0, 0.05) is 13.2 Å². The van der Waals surface area contributed by atoms with E-state index in [1.165, 1.54) is 24.0 Å². The van der Waals surface area contributed by atoms with Gasteiger partial charge >= 0.3 is 0 Å². The molecule has 0 aliphatic heterocycles. The second-order valence-corrected chi connectivity index (χ2v) is 5.40. The first-order valence-corrected chi connectivity index (χ1v) is 7.06. The fourth-order valence-electron chi connectivity index (χ4n) is 2.77. The van der Waals surface area contributed by atoms with E-state index in [9.17, 15) is 0 Å². The molecule has 1 aromatic carbocycles. The Hall–Kier alpha value is -0.860. The molecule has 1 aromatic rings. The molecule has 2 atom stereocenters. The van der Waals surface area contributed by atoms with E-state index in [2.05, 4.69) is 43.4 Å². The minimum Gasteiger partial charge on any atom is -0.380 e. The Morgan fingerprint density at radius 3 is 2.72 bits per heavy atom. The van der Waals surface area contributed by atoms with Crippen molar-refractivity contribution in [1.82, 2.24) is 5.32 Å². The summed E-state index contributed by atoms with van der Waals surface area (Å²) in [4.78, 5) is 0. The average molecular weight is 247 g/mol. The van der Waals surface area contributed by atoms with Crippen molar-refractivity contribution in [1.29, 1.82) is 0 Å². The van der Waals surface area contributed by atoms with Crippen molar-refractivity contribution < 1.29 is 4.74 Å². The van der Waals surface area contributed by atoms with Gasteiger partial charge in [-0.15, -0.1) is 0 Å². The van der Waals surface area contributed by atoms with Crippen LogP contribution in [0.15, 0.2) is 24.3 Å². The first-order chi connectivity index (χ1) is 8.74. The summed E-state index contributed by atoms with van der Waals surface area (Å²) in [6.45, 7) is 5.33. The van der Waals surface area contributed by atoms with Crippen LogP contribution < -0.4 is 5.32 Å². The fourth-order valence-corrected chi connectivity index (χ4v) is 2.77. The number of ether oxygens (including phenoxy) is 1. The normalized spacial score (nSPS) is 18.6. The van der Waals surface area contributed by atoms with E-state index in [0.29, 0.717) is 12.1 Å². The average Bonchev–Trinajstić information content (AvgIpc) is 3.15. The molecule has 2 heteroatoms. The Morgan fingerprint density at radius 2 is 2.17 bits per heavy atom. The molecule has 2 rings (SSSR count). The smallest absolute Gasteiger partial charge is 0.0755 e. The van der Waals surface area contributed by atoms with Gasteiger partial charge in [-0.3, -0.25) is 0 Å². The zero-order valence-electron chi connectivity index (χ0n) is 11.8. The molecule has 0 aromatic heterocycles. The molecular weight excluding hydrogens is 222 g/mol.